The van der Waals surface area contributed by atoms with Crippen molar-refractivity contribution in [3.63, 3.8) is 0 Å². The Labute approximate surface area is 137 Å². The van der Waals surface area contributed by atoms with E-state index in [1.807, 2.05) is 24.3 Å². The molecule has 1 aliphatic carbocycles. The minimum atomic E-state index is -0.236. The van der Waals surface area contributed by atoms with Gasteiger partial charge in [0.2, 0.25) is 0 Å². The molecule has 0 atom stereocenters. The van der Waals surface area contributed by atoms with E-state index in [1.54, 1.807) is 12.1 Å². The molecule has 22 heavy (non-hydrogen) atoms. The van der Waals surface area contributed by atoms with Crippen LogP contribution in [0.3, 0.4) is 0 Å². The van der Waals surface area contributed by atoms with Gasteiger partial charge in [-0.2, -0.15) is 0 Å². The summed E-state index contributed by atoms with van der Waals surface area (Å²) in [6.07, 6.45) is 2.02. The number of benzene rings is 2. The van der Waals surface area contributed by atoms with Gasteiger partial charge in [-0.15, -0.1) is 0 Å². The molecule has 114 valence electrons. The summed E-state index contributed by atoms with van der Waals surface area (Å²) in [6.45, 7) is 0.554. The Hall–Kier alpha value is -1.88. The van der Waals surface area contributed by atoms with E-state index in [4.69, 9.17) is 0 Å². The lowest BCUT2D eigenvalue weighted by atomic mass is 9.96. The molecule has 0 saturated heterocycles. The number of urea groups is 1. The van der Waals surface area contributed by atoms with Gasteiger partial charge in [0.25, 0.3) is 0 Å². The van der Waals surface area contributed by atoms with Crippen LogP contribution in [0.2, 0.25) is 0 Å². The van der Waals surface area contributed by atoms with E-state index < -0.39 is 0 Å². The molecule has 2 amide bonds. The molecule has 2 aromatic rings. The summed E-state index contributed by atoms with van der Waals surface area (Å²) in [5.41, 5.74) is 1.78. The standard InChI is InChI=1S/C17H16BrFN2O/c18-13-2-1-3-15(10-13)21-16(22)20-11-17(8-9-17)12-4-6-14(19)7-5-12/h1-7,10H,8-9,11H2,(H2,20,21,22). The number of hydrogen-bond donors (Lipinski definition) is 2. The molecule has 5 heteroatoms. The predicted molar refractivity (Wildman–Crippen MR) is 88.5 cm³/mol. The van der Waals surface area contributed by atoms with Crippen molar-refractivity contribution in [1.82, 2.24) is 5.32 Å². The zero-order valence-corrected chi connectivity index (χ0v) is 13.5. The van der Waals surface area contributed by atoms with Gasteiger partial charge in [-0.25, -0.2) is 9.18 Å². The lowest BCUT2D eigenvalue weighted by Gasteiger charge is -2.17. The van der Waals surface area contributed by atoms with Crippen LogP contribution in [0.25, 0.3) is 0 Å². The third-order valence-corrected chi connectivity index (χ3v) is 4.47. The van der Waals surface area contributed by atoms with E-state index in [1.165, 1.54) is 12.1 Å². The topological polar surface area (TPSA) is 41.1 Å². The number of rotatable bonds is 4. The summed E-state index contributed by atoms with van der Waals surface area (Å²) in [5.74, 6) is -0.236. The summed E-state index contributed by atoms with van der Waals surface area (Å²) in [6, 6.07) is 13.7. The number of halogens is 2. The first-order valence-corrected chi connectivity index (χ1v) is 7.93. The maximum atomic E-state index is 13.0. The highest BCUT2D eigenvalue weighted by Crippen LogP contribution is 2.47. The smallest absolute Gasteiger partial charge is 0.319 e. The van der Waals surface area contributed by atoms with Crippen LogP contribution >= 0.6 is 15.9 Å². The molecule has 1 saturated carbocycles. The van der Waals surface area contributed by atoms with Crippen molar-refractivity contribution in [2.24, 2.45) is 0 Å². The molecule has 0 heterocycles. The van der Waals surface area contributed by atoms with Gasteiger partial charge in [0, 0.05) is 22.1 Å². The van der Waals surface area contributed by atoms with Gasteiger partial charge in [-0.3, -0.25) is 0 Å². The summed E-state index contributed by atoms with van der Waals surface area (Å²) in [5, 5.41) is 5.71. The molecular weight excluding hydrogens is 347 g/mol. The lowest BCUT2D eigenvalue weighted by molar-refractivity contribution is 0.251. The van der Waals surface area contributed by atoms with Gasteiger partial charge in [-0.05, 0) is 48.7 Å². The van der Waals surface area contributed by atoms with Crippen molar-refractivity contribution in [1.29, 1.82) is 0 Å². The minimum absolute atomic E-state index is 0.0394. The second kappa shape index (κ2) is 6.08. The maximum absolute atomic E-state index is 13.0. The lowest BCUT2D eigenvalue weighted by Crippen LogP contribution is -2.35. The van der Waals surface area contributed by atoms with Crippen molar-refractivity contribution >= 4 is 27.6 Å². The molecule has 0 unspecified atom stereocenters. The summed E-state index contributed by atoms with van der Waals surface area (Å²) >= 11 is 3.37. The van der Waals surface area contributed by atoms with Gasteiger partial charge in [0.1, 0.15) is 5.82 Å². The van der Waals surface area contributed by atoms with Crippen LogP contribution in [0.5, 0.6) is 0 Å². The second-order valence-corrected chi connectivity index (χ2v) is 6.52. The SMILES string of the molecule is O=C(NCC1(c2ccc(F)cc2)CC1)Nc1cccc(Br)c1. The molecule has 1 fully saturated rings. The molecule has 1 aliphatic rings. The number of carbonyl (C=O) groups excluding carboxylic acids is 1. The molecule has 0 aliphatic heterocycles. The summed E-state index contributed by atoms with van der Waals surface area (Å²) in [7, 11) is 0. The van der Waals surface area contributed by atoms with Gasteiger partial charge in [0.15, 0.2) is 0 Å². The highest BCUT2D eigenvalue weighted by atomic mass is 79.9. The number of hydrogen-bond acceptors (Lipinski definition) is 1. The zero-order valence-electron chi connectivity index (χ0n) is 11.9. The van der Waals surface area contributed by atoms with Crippen molar-refractivity contribution in [2.45, 2.75) is 18.3 Å². The van der Waals surface area contributed by atoms with Crippen molar-refractivity contribution in [3.05, 3.63) is 64.4 Å². The number of nitrogens with one attached hydrogen (secondary N) is 2. The van der Waals surface area contributed by atoms with Crippen LogP contribution < -0.4 is 10.6 Å². The van der Waals surface area contributed by atoms with Crippen molar-refractivity contribution in [3.8, 4) is 0 Å². The van der Waals surface area contributed by atoms with E-state index in [9.17, 15) is 9.18 Å². The van der Waals surface area contributed by atoms with E-state index in [2.05, 4.69) is 26.6 Å². The van der Waals surface area contributed by atoms with Crippen molar-refractivity contribution < 1.29 is 9.18 Å². The minimum Gasteiger partial charge on any atom is -0.337 e. The van der Waals surface area contributed by atoms with Crippen molar-refractivity contribution in [2.75, 3.05) is 11.9 Å². The Morgan fingerprint density at radius 1 is 1.18 bits per heavy atom. The molecule has 0 bridgehead atoms. The molecular formula is C17H16BrFN2O. The van der Waals surface area contributed by atoms with Crippen LogP contribution in [-0.4, -0.2) is 12.6 Å². The Morgan fingerprint density at radius 2 is 1.91 bits per heavy atom. The largest absolute Gasteiger partial charge is 0.337 e. The van der Waals surface area contributed by atoms with Crippen LogP contribution in [-0.2, 0) is 5.41 Å². The van der Waals surface area contributed by atoms with Crippen LogP contribution in [0.15, 0.2) is 53.0 Å². The zero-order chi connectivity index (χ0) is 15.6. The van der Waals surface area contributed by atoms with E-state index >= 15 is 0 Å². The summed E-state index contributed by atoms with van der Waals surface area (Å²) < 4.78 is 13.9. The highest BCUT2D eigenvalue weighted by Gasteiger charge is 2.44. The Kier molecular flexibility index (Phi) is 4.16. The monoisotopic (exact) mass is 362 g/mol. The number of anilines is 1. The third kappa shape index (κ3) is 3.47. The van der Waals surface area contributed by atoms with Gasteiger partial charge < -0.3 is 10.6 Å². The fraction of sp³-hybridized carbons (Fsp3) is 0.235. The molecule has 2 N–H and O–H groups in total. The molecule has 0 aromatic heterocycles. The Bertz CT molecular complexity index is 683. The third-order valence-electron chi connectivity index (χ3n) is 3.98. The van der Waals surface area contributed by atoms with Gasteiger partial charge in [0.05, 0.1) is 0 Å². The average Bonchev–Trinajstić information content (AvgIpc) is 3.27. The highest BCUT2D eigenvalue weighted by molar-refractivity contribution is 9.10. The van der Waals surface area contributed by atoms with Gasteiger partial charge >= 0.3 is 6.03 Å². The normalized spacial score (nSPS) is 15.2. The molecule has 3 nitrogen and oxygen atoms in total. The molecule has 0 radical (unpaired) electrons. The fourth-order valence-corrected chi connectivity index (χ4v) is 2.91. The molecule has 0 spiro atoms. The number of carbonyl (C=O) groups is 1. The first-order chi connectivity index (χ1) is 10.6. The fourth-order valence-electron chi connectivity index (χ4n) is 2.51. The number of amides is 2. The molecule has 2 aromatic carbocycles. The Balaban J connectivity index is 1.58. The molecule has 3 rings (SSSR count). The van der Waals surface area contributed by atoms with E-state index in [0.717, 1.165) is 28.6 Å². The van der Waals surface area contributed by atoms with Crippen LogP contribution in [0.1, 0.15) is 18.4 Å². The summed E-state index contributed by atoms with van der Waals surface area (Å²) in [4.78, 5) is 12.0. The quantitative estimate of drug-likeness (QED) is 0.829. The van der Waals surface area contributed by atoms with Gasteiger partial charge in [-0.1, -0.05) is 34.1 Å². The first kappa shape index (κ1) is 15.0. The Morgan fingerprint density at radius 3 is 2.55 bits per heavy atom. The van der Waals surface area contributed by atoms with E-state index in [0.29, 0.717) is 6.54 Å². The maximum Gasteiger partial charge on any atom is 0.319 e. The first-order valence-electron chi connectivity index (χ1n) is 7.14. The predicted octanol–water partition coefficient (Wildman–Crippen LogP) is 4.44. The second-order valence-electron chi connectivity index (χ2n) is 5.61. The van der Waals surface area contributed by atoms with E-state index in [-0.39, 0.29) is 17.3 Å². The van der Waals surface area contributed by atoms with Crippen LogP contribution in [0, 0.1) is 5.82 Å². The average molecular weight is 363 g/mol. The van der Waals surface area contributed by atoms with Crippen LogP contribution in [0.4, 0.5) is 14.9 Å².